The molecule has 0 saturated carbocycles. The lowest BCUT2D eigenvalue weighted by Crippen LogP contribution is -2.52. The first kappa shape index (κ1) is 17.3. The number of carbonyl (C=O) groups excluding carboxylic acids is 2. The Morgan fingerprint density at radius 2 is 2.08 bits per heavy atom. The number of nitrogens with zero attached hydrogens (tertiary/aromatic N) is 3. The highest BCUT2D eigenvalue weighted by atomic mass is 79.9. The molecule has 2 aliphatic rings. The standard InChI is InChI=1S/C16H21BrN4O3/c17-12-3-4-14(18-10-12)19-15(22)11-20-5-7-21(8-6-20)16(23)13-2-1-9-24-13/h3-4,10,13H,1-2,5-9,11H2,(H,18,19,22)/t13-/m1/s1. The van der Waals surface area contributed by atoms with Crippen molar-refractivity contribution in [1.82, 2.24) is 14.8 Å². The van der Waals surface area contributed by atoms with Crippen LogP contribution in [0.25, 0.3) is 0 Å². The van der Waals surface area contributed by atoms with E-state index < -0.39 is 0 Å². The third-order valence-electron chi connectivity index (χ3n) is 4.25. The highest BCUT2D eigenvalue weighted by molar-refractivity contribution is 9.10. The number of halogens is 1. The number of piperazine rings is 1. The van der Waals surface area contributed by atoms with E-state index in [9.17, 15) is 9.59 Å². The van der Waals surface area contributed by atoms with Gasteiger partial charge in [-0.3, -0.25) is 14.5 Å². The van der Waals surface area contributed by atoms with Crippen LogP contribution in [-0.4, -0.2) is 72.0 Å². The van der Waals surface area contributed by atoms with E-state index in [1.165, 1.54) is 0 Å². The summed E-state index contributed by atoms with van der Waals surface area (Å²) in [5.74, 6) is 0.537. The quantitative estimate of drug-likeness (QED) is 0.824. The van der Waals surface area contributed by atoms with Gasteiger partial charge < -0.3 is 15.0 Å². The second kappa shape index (κ2) is 8.04. The number of carbonyl (C=O) groups is 2. The van der Waals surface area contributed by atoms with Crippen LogP contribution in [0.15, 0.2) is 22.8 Å². The second-order valence-electron chi connectivity index (χ2n) is 6.01. The molecule has 130 valence electrons. The fourth-order valence-electron chi connectivity index (χ4n) is 2.94. The van der Waals surface area contributed by atoms with Crippen molar-refractivity contribution in [2.75, 3.05) is 44.6 Å². The lowest BCUT2D eigenvalue weighted by molar-refractivity contribution is -0.142. The number of rotatable bonds is 4. The monoisotopic (exact) mass is 396 g/mol. The van der Waals surface area contributed by atoms with Gasteiger partial charge in [-0.2, -0.15) is 0 Å². The molecule has 0 spiro atoms. The average Bonchev–Trinajstić information content (AvgIpc) is 3.11. The van der Waals surface area contributed by atoms with E-state index in [4.69, 9.17) is 4.74 Å². The number of aromatic nitrogens is 1. The van der Waals surface area contributed by atoms with Crippen molar-refractivity contribution in [3.63, 3.8) is 0 Å². The fourth-order valence-corrected chi connectivity index (χ4v) is 3.17. The molecule has 3 rings (SSSR count). The molecule has 1 aromatic rings. The lowest BCUT2D eigenvalue weighted by Gasteiger charge is -2.35. The topological polar surface area (TPSA) is 74.8 Å². The minimum atomic E-state index is -0.261. The van der Waals surface area contributed by atoms with Crippen LogP contribution in [-0.2, 0) is 14.3 Å². The predicted molar refractivity (Wildman–Crippen MR) is 92.6 cm³/mol. The summed E-state index contributed by atoms with van der Waals surface area (Å²) in [5, 5.41) is 2.78. The molecule has 0 aromatic carbocycles. The van der Waals surface area contributed by atoms with Crippen LogP contribution >= 0.6 is 15.9 Å². The van der Waals surface area contributed by atoms with Crippen LogP contribution < -0.4 is 5.32 Å². The summed E-state index contributed by atoms with van der Waals surface area (Å²) in [6.45, 7) is 3.66. The first-order valence-corrected chi connectivity index (χ1v) is 8.95. The van der Waals surface area contributed by atoms with E-state index in [0.717, 1.165) is 17.3 Å². The Balaban J connectivity index is 1.42. The zero-order valence-corrected chi connectivity index (χ0v) is 15.0. The molecule has 2 amide bonds. The van der Waals surface area contributed by atoms with Crippen molar-refractivity contribution in [3.05, 3.63) is 22.8 Å². The number of hydrogen-bond donors (Lipinski definition) is 1. The van der Waals surface area contributed by atoms with Gasteiger partial charge in [-0.05, 0) is 40.9 Å². The largest absolute Gasteiger partial charge is 0.368 e. The Hall–Kier alpha value is -1.51. The predicted octanol–water partition coefficient (Wildman–Crippen LogP) is 1.11. The van der Waals surface area contributed by atoms with E-state index in [1.807, 2.05) is 15.9 Å². The molecule has 2 aliphatic heterocycles. The van der Waals surface area contributed by atoms with E-state index in [-0.39, 0.29) is 17.9 Å². The third kappa shape index (κ3) is 4.52. The Labute approximate surface area is 149 Å². The van der Waals surface area contributed by atoms with Crippen molar-refractivity contribution >= 4 is 33.6 Å². The Kier molecular flexibility index (Phi) is 5.80. The molecular weight excluding hydrogens is 376 g/mol. The number of ether oxygens (including phenoxy) is 1. The van der Waals surface area contributed by atoms with Crippen LogP contribution in [0, 0.1) is 0 Å². The molecule has 24 heavy (non-hydrogen) atoms. The molecule has 0 bridgehead atoms. The minimum Gasteiger partial charge on any atom is -0.368 e. The van der Waals surface area contributed by atoms with Gasteiger partial charge in [0, 0.05) is 43.5 Å². The molecule has 2 saturated heterocycles. The lowest BCUT2D eigenvalue weighted by atomic mass is 10.2. The van der Waals surface area contributed by atoms with Crippen LogP contribution in [0.3, 0.4) is 0 Å². The summed E-state index contributed by atoms with van der Waals surface area (Å²) < 4.78 is 6.32. The molecule has 0 aliphatic carbocycles. The molecule has 3 heterocycles. The first-order chi connectivity index (χ1) is 11.6. The van der Waals surface area contributed by atoms with E-state index in [0.29, 0.717) is 45.1 Å². The highest BCUT2D eigenvalue weighted by Crippen LogP contribution is 2.16. The smallest absolute Gasteiger partial charge is 0.251 e. The summed E-state index contributed by atoms with van der Waals surface area (Å²) in [7, 11) is 0. The molecule has 1 N–H and O–H groups in total. The molecule has 1 atom stereocenters. The second-order valence-corrected chi connectivity index (χ2v) is 6.93. The van der Waals surface area contributed by atoms with Gasteiger partial charge in [-0.15, -0.1) is 0 Å². The molecule has 1 aromatic heterocycles. The van der Waals surface area contributed by atoms with Crippen LogP contribution in [0.1, 0.15) is 12.8 Å². The van der Waals surface area contributed by atoms with Crippen molar-refractivity contribution in [1.29, 1.82) is 0 Å². The zero-order chi connectivity index (χ0) is 16.9. The number of amides is 2. The zero-order valence-electron chi connectivity index (χ0n) is 13.4. The van der Waals surface area contributed by atoms with E-state index >= 15 is 0 Å². The third-order valence-corrected chi connectivity index (χ3v) is 4.72. The van der Waals surface area contributed by atoms with Crippen molar-refractivity contribution in [2.24, 2.45) is 0 Å². The Morgan fingerprint density at radius 3 is 2.71 bits per heavy atom. The van der Waals surface area contributed by atoms with Gasteiger partial charge in [0.1, 0.15) is 11.9 Å². The molecule has 2 fully saturated rings. The summed E-state index contributed by atoms with van der Waals surface area (Å²) in [6, 6.07) is 3.58. The van der Waals surface area contributed by atoms with Gasteiger partial charge >= 0.3 is 0 Å². The van der Waals surface area contributed by atoms with Crippen LogP contribution in [0.5, 0.6) is 0 Å². The Morgan fingerprint density at radius 1 is 1.29 bits per heavy atom. The van der Waals surface area contributed by atoms with Crippen molar-refractivity contribution in [3.8, 4) is 0 Å². The summed E-state index contributed by atoms with van der Waals surface area (Å²) in [6.07, 6.45) is 3.16. The maximum Gasteiger partial charge on any atom is 0.251 e. The summed E-state index contributed by atoms with van der Waals surface area (Å²) >= 11 is 3.31. The highest BCUT2D eigenvalue weighted by Gasteiger charge is 2.30. The van der Waals surface area contributed by atoms with Gasteiger partial charge in [0.25, 0.3) is 5.91 Å². The first-order valence-electron chi connectivity index (χ1n) is 8.16. The fraction of sp³-hybridized carbons (Fsp3) is 0.562. The number of nitrogens with one attached hydrogen (secondary N) is 1. The van der Waals surface area contributed by atoms with E-state index in [2.05, 4.69) is 26.2 Å². The average molecular weight is 397 g/mol. The molecule has 0 radical (unpaired) electrons. The van der Waals surface area contributed by atoms with Gasteiger partial charge in [-0.25, -0.2) is 4.98 Å². The number of anilines is 1. The molecule has 7 nitrogen and oxygen atoms in total. The van der Waals surface area contributed by atoms with Gasteiger partial charge in [0.15, 0.2) is 0 Å². The maximum atomic E-state index is 12.3. The summed E-state index contributed by atoms with van der Waals surface area (Å²) in [5.41, 5.74) is 0. The SMILES string of the molecule is O=C(CN1CCN(C(=O)[C@H]2CCCO2)CC1)Nc1ccc(Br)cn1. The van der Waals surface area contributed by atoms with E-state index in [1.54, 1.807) is 12.3 Å². The van der Waals surface area contributed by atoms with Crippen LogP contribution in [0.2, 0.25) is 0 Å². The van der Waals surface area contributed by atoms with Gasteiger partial charge in [0.2, 0.25) is 5.91 Å². The van der Waals surface area contributed by atoms with Crippen molar-refractivity contribution in [2.45, 2.75) is 18.9 Å². The number of hydrogen-bond acceptors (Lipinski definition) is 5. The normalized spacial score (nSPS) is 21.7. The summed E-state index contributed by atoms with van der Waals surface area (Å²) in [4.78, 5) is 32.4. The van der Waals surface area contributed by atoms with Crippen LogP contribution in [0.4, 0.5) is 5.82 Å². The Bertz CT molecular complexity index is 581. The number of pyridine rings is 1. The molecular formula is C16H21BrN4O3. The van der Waals surface area contributed by atoms with Crippen molar-refractivity contribution < 1.29 is 14.3 Å². The van der Waals surface area contributed by atoms with Gasteiger partial charge in [0.05, 0.1) is 6.54 Å². The molecule has 8 heteroatoms. The molecule has 0 unspecified atom stereocenters. The minimum absolute atomic E-state index is 0.0932. The maximum absolute atomic E-state index is 12.3. The van der Waals surface area contributed by atoms with Gasteiger partial charge in [-0.1, -0.05) is 0 Å².